The number of carbonyl (C=O) groups is 1. The van der Waals surface area contributed by atoms with E-state index in [1.165, 1.54) is 6.33 Å². The summed E-state index contributed by atoms with van der Waals surface area (Å²) in [6, 6.07) is 5.15. The van der Waals surface area contributed by atoms with Gasteiger partial charge in [-0.1, -0.05) is 24.2 Å². The van der Waals surface area contributed by atoms with Crippen molar-refractivity contribution in [1.29, 1.82) is 0 Å². The molecule has 2 aromatic rings. The van der Waals surface area contributed by atoms with Crippen LogP contribution in [0.25, 0.3) is 16.5 Å². The SMILES string of the molecule is C=C(C(N)=O)c1ccc2c(Cl)ncnc2c1. The molecule has 1 aromatic carbocycles. The molecular weight excluding hydrogens is 226 g/mol. The third-order valence-electron chi connectivity index (χ3n) is 2.23. The number of hydrogen-bond donors (Lipinski definition) is 1. The highest BCUT2D eigenvalue weighted by molar-refractivity contribution is 6.34. The highest BCUT2D eigenvalue weighted by Crippen LogP contribution is 2.22. The minimum Gasteiger partial charge on any atom is -0.366 e. The number of halogens is 1. The summed E-state index contributed by atoms with van der Waals surface area (Å²) in [5.74, 6) is -0.556. The van der Waals surface area contributed by atoms with Crippen LogP contribution in [0.5, 0.6) is 0 Å². The predicted molar refractivity (Wildman–Crippen MR) is 62.8 cm³/mol. The molecule has 16 heavy (non-hydrogen) atoms. The quantitative estimate of drug-likeness (QED) is 0.635. The molecule has 0 atom stereocenters. The summed E-state index contributed by atoms with van der Waals surface area (Å²) in [7, 11) is 0. The zero-order chi connectivity index (χ0) is 11.7. The molecule has 0 radical (unpaired) electrons. The zero-order valence-corrected chi connectivity index (χ0v) is 9.03. The van der Waals surface area contributed by atoms with E-state index in [9.17, 15) is 4.79 Å². The van der Waals surface area contributed by atoms with Crippen LogP contribution >= 0.6 is 11.6 Å². The topological polar surface area (TPSA) is 68.9 Å². The van der Waals surface area contributed by atoms with E-state index in [0.717, 1.165) is 5.39 Å². The lowest BCUT2D eigenvalue weighted by Gasteiger charge is -2.03. The van der Waals surface area contributed by atoms with Crippen LogP contribution in [0.1, 0.15) is 5.56 Å². The Balaban J connectivity index is 2.61. The molecule has 0 aliphatic heterocycles. The van der Waals surface area contributed by atoms with Gasteiger partial charge in [-0.15, -0.1) is 0 Å². The smallest absolute Gasteiger partial charge is 0.248 e. The molecule has 80 valence electrons. The third-order valence-corrected chi connectivity index (χ3v) is 2.53. The van der Waals surface area contributed by atoms with Crippen molar-refractivity contribution < 1.29 is 4.79 Å². The highest BCUT2D eigenvalue weighted by Gasteiger charge is 2.07. The van der Waals surface area contributed by atoms with E-state index in [1.54, 1.807) is 18.2 Å². The first-order chi connectivity index (χ1) is 7.59. The second kappa shape index (κ2) is 3.90. The van der Waals surface area contributed by atoms with Crippen LogP contribution in [-0.2, 0) is 4.79 Å². The zero-order valence-electron chi connectivity index (χ0n) is 8.27. The molecule has 0 bridgehead atoms. The molecule has 0 saturated carbocycles. The minimum atomic E-state index is -0.556. The van der Waals surface area contributed by atoms with Gasteiger partial charge in [0.25, 0.3) is 0 Å². The average Bonchev–Trinajstić information content (AvgIpc) is 2.28. The number of hydrogen-bond acceptors (Lipinski definition) is 3. The highest BCUT2D eigenvalue weighted by atomic mass is 35.5. The Bertz CT molecular complexity index is 595. The molecule has 0 aliphatic rings. The van der Waals surface area contributed by atoms with Crippen LogP contribution in [0, 0.1) is 0 Å². The summed E-state index contributed by atoms with van der Waals surface area (Å²) in [6.45, 7) is 3.60. The average molecular weight is 234 g/mol. The number of nitrogens with two attached hydrogens (primary N) is 1. The molecule has 4 nitrogen and oxygen atoms in total. The second-order valence-electron chi connectivity index (χ2n) is 3.24. The van der Waals surface area contributed by atoms with Crippen molar-refractivity contribution in [1.82, 2.24) is 9.97 Å². The molecule has 1 amide bonds. The number of rotatable bonds is 2. The first-order valence-corrected chi connectivity index (χ1v) is 4.86. The first-order valence-electron chi connectivity index (χ1n) is 4.49. The summed E-state index contributed by atoms with van der Waals surface area (Å²) in [4.78, 5) is 18.9. The number of primary amides is 1. The van der Waals surface area contributed by atoms with Gasteiger partial charge in [0.05, 0.1) is 5.52 Å². The summed E-state index contributed by atoms with van der Waals surface area (Å²) in [6.07, 6.45) is 1.36. The van der Waals surface area contributed by atoms with E-state index in [-0.39, 0.29) is 5.57 Å². The number of amides is 1. The largest absolute Gasteiger partial charge is 0.366 e. The lowest BCUT2D eigenvalue weighted by molar-refractivity contribution is -0.112. The number of benzene rings is 1. The number of carbonyl (C=O) groups excluding carboxylic acids is 1. The Morgan fingerprint density at radius 2 is 2.12 bits per heavy atom. The number of nitrogens with zero attached hydrogens (tertiary/aromatic N) is 2. The normalized spacial score (nSPS) is 10.3. The van der Waals surface area contributed by atoms with E-state index >= 15 is 0 Å². The molecule has 0 fully saturated rings. The lowest BCUT2D eigenvalue weighted by atomic mass is 10.1. The Morgan fingerprint density at radius 3 is 2.81 bits per heavy atom. The van der Waals surface area contributed by atoms with Gasteiger partial charge in [-0.25, -0.2) is 9.97 Å². The van der Waals surface area contributed by atoms with Crippen LogP contribution in [-0.4, -0.2) is 15.9 Å². The molecule has 0 aliphatic carbocycles. The van der Waals surface area contributed by atoms with Crippen LogP contribution in [0.2, 0.25) is 5.15 Å². The fraction of sp³-hybridized carbons (Fsp3) is 0. The van der Waals surface area contributed by atoms with Gasteiger partial charge in [0.2, 0.25) is 5.91 Å². The summed E-state index contributed by atoms with van der Waals surface area (Å²) < 4.78 is 0. The van der Waals surface area contributed by atoms with E-state index < -0.39 is 5.91 Å². The van der Waals surface area contributed by atoms with Gasteiger partial charge >= 0.3 is 0 Å². The van der Waals surface area contributed by atoms with Gasteiger partial charge in [0.15, 0.2) is 0 Å². The van der Waals surface area contributed by atoms with E-state index in [0.29, 0.717) is 16.2 Å². The standard InChI is InChI=1S/C11H8ClN3O/c1-6(11(13)16)7-2-3-8-9(4-7)14-5-15-10(8)12/h2-5H,1H2,(H2,13,16). The Morgan fingerprint density at radius 1 is 1.38 bits per heavy atom. The number of fused-ring (bicyclic) bond motifs is 1. The first kappa shape index (κ1) is 10.6. The fourth-order valence-electron chi connectivity index (χ4n) is 1.35. The lowest BCUT2D eigenvalue weighted by Crippen LogP contribution is -2.11. The molecule has 5 heteroatoms. The number of aromatic nitrogens is 2. The summed E-state index contributed by atoms with van der Waals surface area (Å²) >= 11 is 5.89. The summed E-state index contributed by atoms with van der Waals surface area (Å²) in [5, 5.41) is 1.10. The van der Waals surface area contributed by atoms with E-state index in [1.807, 2.05) is 0 Å². The van der Waals surface area contributed by atoms with Crippen molar-refractivity contribution in [2.45, 2.75) is 0 Å². The van der Waals surface area contributed by atoms with Crippen molar-refractivity contribution in [2.75, 3.05) is 0 Å². The molecule has 1 heterocycles. The minimum absolute atomic E-state index is 0.247. The second-order valence-corrected chi connectivity index (χ2v) is 3.60. The molecular formula is C11H8ClN3O. The van der Waals surface area contributed by atoms with Crippen molar-refractivity contribution >= 4 is 34.0 Å². The monoisotopic (exact) mass is 233 g/mol. The molecule has 0 saturated heterocycles. The van der Waals surface area contributed by atoms with E-state index in [4.69, 9.17) is 17.3 Å². The van der Waals surface area contributed by atoms with Gasteiger partial charge in [-0.2, -0.15) is 0 Å². The van der Waals surface area contributed by atoms with Crippen LogP contribution < -0.4 is 5.73 Å². The van der Waals surface area contributed by atoms with E-state index in [2.05, 4.69) is 16.5 Å². The Labute approximate surface area is 96.8 Å². The van der Waals surface area contributed by atoms with Crippen molar-refractivity contribution in [3.8, 4) is 0 Å². The molecule has 0 spiro atoms. The predicted octanol–water partition coefficient (Wildman–Crippen LogP) is 1.78. The molecule has 2 N–H and O–H groups in total. The molecule has 0 unspecified atom stereocenters. The maximum absolute atomic E-state index is 11.0. The van der Waals surface area contributed by atoms with Gasteiger partial charge in [-0.05, 0) is 17.7 Å². The van der Waals surface area contributed by atoms with Crippen LogP contribution in [0.3, 0.4) is 0 Å². The Kier molecular flexibility index (Phi) is 2.58. The third kappa shape index (κ3) is 1.75. The molecule has 2 rings (SSSR count). The molecule has 1 aromatic heterocycles. The summed E-state index contributed by atoms with van der Waals surface area (Å²) in [5.41, 5.74) is 6.68. The van der Waals surface area contributed by atoms with Crippen LogP contribution in [0.4, 0.5) is 0 Å². The van der Waals surface area contributed by atoms with Gasteiger partial charge < -0.3 is 5.73 Å². The van der Waals surface area contributed by atoms with Gasteiger partial charge in [0, 0.05) is 11.0 Å². The maximum Gasteiger partial charge on any atom is 0.248 e. The Hall–Kier alpha value is -1.94. The van der Waals surface area contributed by atoms with Crippen molar-refractivity contribution in [3.05, 3.63) is 41.8 Å². The van der Waals surface area contributed by atoms with Crippen LogP contribution in [0.15, 0.2) is 31.1 Å². The van der Waals surface area contributed by atoms with Gasteiger partial charge in [-0.3, -0.25) is 4.79 Å². The van der Waals surface area contributed by atoms with Crippen molar-refractivity contribution in [3.63, 3.8) is 0 Å². The fourth-order valence-corrected chi connectivity index (χ4v) is 1.56. The van der Waals surface area contributed by atoms with Gasteiger partial charge in [0.1, 0.15) is 11.5 Å². The van der Waals surface area contributed by atoms with Crippen molar-refractivity contribution in [2.24, 2.45) is 5.73 Å². The maximum atomic E-state index is 11.0.